The third kappa shape index (κ3) is 4.68. The number of hydrogen-bond donors (Lipinski definition) is 3. The zero-order chi connectivity index (χ0) is 13.0. The highest BCUT2D eigenvalue weighted by atomic mass is 35.5. The zero-order valence-corrected chi connectivity index (χ0v) is 10.6. The van der Waals surface area contributed by atoms with Crippen LogP contribution < -0.4 is 16.8 Å². The topological polar surface area (TPSA) is 98.2 Å². The van der Waals surface area contributed by atoms with Gasteiger partial charge in [0.15, 0.2) is 0 Å². The number of amides is 2. The van der Waals surface area contributed by atoms with E-state index in [2.05, 4.69) is 5.32 Å². The molecule has 0 radical (unpaired) electrons. The van der Waals surface area contributed by atoms with Gasteiger partial charge in [0.2, 0.25) is 11.8 Å². The molecule has 1 unspecified atom stereocenters. The molecule has 0 saturated carbocycles. The molecule has 1 aromatic carbocycles. The van der Waals surface area contributed by atoms with Crippen LogP contribution in [0.2, 0.25) is 0 Å². The minimum Gasteiger partial charge on any atom is -0.370 e. The van der Waals surface area contributed by atoms with Gasteiger partial charge in [-0.2, -0.15) is 0 Å². The number of aryl methyl sites for hydroxylation is 1. The Balaban J connectivity index is 0.00000289. The maximum Gasteiger partial charge on any atom is 0.241 e. The van der Waals surface area contributed by atoms with Crippen molar-refractivity contribution in [1.82, 2.24) is 0 Å². The summed E-state index contributed by atoms with van der Waals surface area (Å²) in [6.45, 7) is 1.72. The molecule has 0 aromatic heterocycles. The molecule has 5 nitrogen and oxygen atoms in total. The van der Waals surface area contributed by atoms with Crippen molar-refractivity contribution < 1.29 is 14.0 Å². The molecule has 7 heteroatoms. The van der Waals surface area contributed by atoms with Crippen molar-refractivity contribution in [2.24, 2.45) is 11.5 Å². The Morgan fingerprint density at radius 3 is 2.61 bits per heavy atom. The molecular weight excluding hydrogens is 261 g/mol. The number of rotatable bonds is 4. The van der Waals surface area contributed by atoms with E-state index in [0.29, 0.717) is 11.3 Å². The van der Waals surface area contributed by atoms with Gasteiger partial charge in [0.25, 0.3) is 0 Å². The number of halogens is 2. The highest BCUT2D eigenvalue weighted by Gasteiger charge is 2.16. The van der Waals surface area contributed by atoms with Crippen molar-refractivity contribution in [3.8, 4) is 0 Å². The van der Waals surface area contributed by atoms with E-state index < -0.39 is 23.7 Å². The predicted molar refractivity (Wildman–Crippen MR) is 68.8 cm³/mol. The largest absolute Gasteiger partial charge is 0.370 e. The minimum atomic E-state index is -1.03. The second-order valence-electron chi connectivity index (χ2n) is 3.73. The van der Waals surface area contributed by atoms with Crippen molar-refractivity contribution in [1.29, 1.82) is 0 Å². The molecule has 1 atom stereocenters. The Morgan fingerprint density at radius 1 is 1.44 bits per heavy atom. The van der Waals surface area contributed by atoms with Crippen LogP contribution >= 0.6 is 12.4 Å². The molecule has 0 heterocycles. The van der Waals surface area contributed by atoms with Gasteiger partial charge in [-0.05, 0) is 24.6 Å². The Kier molecular flexibility index (Phi) is 6.29. The Morgan fingerprint density at radius 2 is 2.06 bits per heavy atom. The lowest BCUT2D eigenvalue weighted by molar-refractivity contribution is -0.123. The van der Waals surface area contributed by atoms with E-state index in [4.69, 9.17) is 11.5 Å². The smallest absolute Gasteiger partial charge is 0.241 e. The number of anilines is 1. The Labute approximate surface area is 110 Å². The first kappa shape index (κ1) is 16.3. The fourth-order valence-electron chi connectivity index (χ4n) is 1.26. The fourth-order valence-corrected chi connectivity index (χ4v) is 1.26. The number of primary amides is 1. The summed E-state index contributed by atoms with van der Waals surface area (Å²) in [6.07, 6.45) is -0.250. The first-order chi connectivity index (χ1) is 7.90. The molecule has 0 spiro atoms. The van der Waals surface area contributed by atoms with Gasteiger partial charge in [0.1, 0.15) is 5.82 Å². The van der Waals surface area contributed by atoms with E-state index in [0.717, 1.165) is 0 Å². The molecule has 0 saturated heterocycles. The molecule has 0 aliphatic rings. The third-order valence-electron chi connectivity index (χ3n) is 2.22. The molecule has 0 bridgehead atoms. The maximum atomic E-state index is 13.0. The number of hydrogen-bond acceptors (Lipinski definition) is 3. The predicted octanol–water partition coefficient (Wildman–Crippen LogP) is 0.697. The first-order valence-corrected chi connectivity index (χ1v) is 5.01. The van der Waals surface area contributed by atoms with Crippen LogP contribution in [0, 0.1) is 12.7 Å². The van der Waals surface area contributed by atoms with Gasteiger partial charge in [0.05, 0.1) is 12.5 Å². The van der Waals surface area contributed by atoms with Crippen LogP contribution in [0.4, 0.5) is 10.1 Å². The summed E-state index contributed by atoms with van der Waals surface area (Å²) >= 11 is 0. The SMILES string of the molecule is Cc1ccc(F)cc1NC(=O)C(N)CC(N)=O.Cl. The van der Waals surface area contributed by atoms with E-state index in [1.165, 1.54) is 18.2 Å². The van der Waals surface area contributed by atoms with E-state index in [9.17, 15) is 14.0 Å². The van der Waals surface area contributed by atoms with Crippen molar-refractivity contribution in [3.05, 3.63) is 29.6 Å². The average molecular weight is 276 g/mol. The number of carbonyl (C=O) groups excluding carboxylic acids is 2. The van der Waals surface area contributed by atoms with E-state index in [1.807, 2.05) is 0 Å². The molecular formula is C11H15ClFN3O2. The van der Waals surface area contributed by atoms with Gasteiger partial charge >= 0.3 is 0 Å². The monoisotopic (exact) mass is 275 g/mol. The van der Waals surface area contributed by atoms with Crippen LogP contribution in [0.25, 0.3) is 0 Å². The Bertz CT molecular complexity index is 454. The van der Waals surface area contributed by atoms with Crippen LogP contribution in [-0.2, 0) is 9.59 Å². The molecule has 18 heavy (non-hydrogen) atoms. The van der Waals surface area contributed by atoms with Crippen molar-refractivity contribution in [2.45, 2.75) is 19.4 Å². The third-order valence-corrected chi connectivity index (χ3v) is 2.22. The van der Waals surface area contributed by atoms with E-state index in [1.54, 1.807) is 6.92 Å². The van der Waals surface area contributed by atoms with Crippen LogP contribution in [0.1, 0.15) is 12.0 Å². The minimum absolute atomic E-state index is 0. The summed E-state index contributed by atoms with van der Waals surface area (Å²) in [5.74, 6) is -1.70. The number of nitrogens with two attached hydrogens (primary N) is 2. The lowest BCUT2D eigenvalue weighted by atomic mass is 10.1. The summed E-state index contributed by atoms with van der Waals surface area (Å²) in [7, 11) is 0. The van der Waals surface area contributed by atoms with Gasteiger partial charge in [-0.1, -0.05) is 6.07 Å². The Hall–Kier alpha value is -1.66. The van der Waals surface area contributed by atoms with Crippen molar-refractivity contribution in [2.75, 3.05) is 5.32 Å². The maximum absolute atomic E-state index is 13.0. The fraction of sp³-hybridized carbons (Fsp3) is 0.273. The summed E-state index contributed by atoms with van der Waals surface area (Å²) in [5, 5.41) is 2.44. The van der Waals surface area contributed by atoms with E-state index in [-0.39, 0.29) is 18.8 Å². The van der Waals surface area contributed by atoms with Crippen molar-refractivity contribution >= 4 is 29.9 Å². The average Bonchev–Trinajstić information content (AvgIpc) is 2.22. The quantitative estimate of drug-likeness (QED) is 0.754. The van der Waals surface area contributed by atoms with Crippen LogP contribution in [-0.4, -0.2) is 17.9 Å². The van der Waals surface area contributed by atoms with Gasteiger partial charge in [0, 0.05) is 5.69 Å². The van der Waals surface area contributed by atoms with Crippen LogP contribution in [0.3, 0.4) is 0 Å². The summed E-state index contributed by atoms with van der Waals surface area (Å²) < 4.78 is 13.0. The van der Waals surface area contributed by atoms with E-state index >= 15 is 0 Å². The second-order valence-corrected chi connectivity index (χ2v) is 3.73. The molecule has 0 fully saturated rings. The van der Waals surface area contributed by atoms with Gasteiger partial charge in [-0.15, -0.1) is 12.4 Å². The first-order valence-electron chi connectivity index (χ1n) is 5.01. The van der Waals surface area contributed by atoms with Crippen LogP contribution in [0.15, 0.2) is 18.2 Å². The standard InChI is InChI=1S/C11H14FN3O2.ClH/c1-6-2-3-7(12)4-9(6)15-11(17)8(13)5-10(14)16;/h2-4,8H,5,13H2,1H3,(H2,14,16)(H,15,17);1H. The molecule has 0 aliphatic heterocycles. The molecule has 0 aliphatic carbocycles. The molecule has 100 valence electrons. The van der Waals surface area contributed by atoms with Gasteiger partial charge < -0.3 is 16.8 Å². The summed E-state index contributed by atoms with van der Waals surface area (Å²) in [4.78, 5) is 22.1. The summed E-state index contributed by atoms with van der Waals surface area (Å²) in [5.41, 5.74) is 11.4. The number of nitrogens with one attached hydrogen (secondary N) is 1. The van der Waals surface area contributed by atoms with Crippen LogP contribution in [0.5, 0.6) is 0 Å². The van der Waals surface area contributed by atoms with Crippen molar-refractivity contribution in [3.63, 3.8) is 0 Å². The van der Waals surface area contributed by atoms with Gasteiger partial charge in [-0.3, -0.25) is 9.59 Å². The highest BCUT2D eigenvalue weighted by Crippen LogP contribution is 2.16. The van der Waals surface area contributed by atoms with Gasteiger partial charge in [-0.25, -0.2) is 4.39 Å². The number of benzene rings is 1. The normalized spacial score (nSPS) is 11.3. The number of carbonyl (C=O) groups is 2. The zero-order valence-electron chi connectivity index (χ0n) is 9.77. The highest BCUT2D eigenvalue weighted by molar-refractivity contribution is 5.97. The molecule has 5 N–H and O–H groups in total. The lowest BCUT2D eigenvalue weighted by Crippen LogP contribution is -2.39. The summed E-state index contributed by atoms with van der Waals surface area (Å²) in [6, 6.07) is 2.97. The lowest BCUT2D eigenvalue weighted by Gasteiger charge is -2.12. The molecule has 2 amide bonds. The second kappa shape index (κ2) is 6.93. The molecule has 1 aromatic rings. The molecule has 1 rings (SSSR count).